The molecule has 1 rings (SSSR count). The maximum Gasteiger partial charge on any atom is 0.239 e. The third-order valence-electron chi connectivity index (χ3n) is 3.22. The summed E-state index contributed by atoms with van der Waals surface area (Å²) >= 11 is 0. The number of carbonyl (C=O) groups excluding carboxylic acids is 5. The van der Waals surface area contributed by atoms with Gasteiger partial charge in [-0.15, -0.1) is 0 Å². The fourth-order valence-electron chi connectivity index (χ4n) is 2.00. The van der Waals surface area contributed by atoms with Crippen molar-refractivity contribution in [3.63, 3.8) is 0 Å². The van der Waals surface area contributed by atoms with Crippen LogP contribution in [0.3, 0.4) is 0 Å². The van der Waals surface area contributed by atoms with E-state index < -0.39 is 11.8 Å². The highest BCUT2D eigenvalue weighted by molar-refractivity contribution is 6.03. The number of aldehydes is 1. The van der Waals surface area contributed by atoms with Gasteiger partial charge in [0, 0.05) is 25.3 Å². The Balaban J connectivity index is 2.30. The van der Waals surface area contributed by atoms with E-state index in [4.69, 9.17) is 0 Å². The van der Waals surface area contributed by atoms with Crippen molar-refractivity contribution < 1.29 is 24.0 Å². The lowest BCUT2D eigenvalue weighted by molar-refractivity contribution is -0.139. The van der Waals surface area contributed by atoms with Crippen molar-refractivity contribution in [3.05, 3.63) is 0 Å². The van der Waals surface area contributed by atoms with E-state index in [2.05, 4.69) is 10.6 Å². The van der Waals surface area contributed by atoms with Crippen LogP contribution < -0.4 is 10.6 Å². The van der Waals surface area contributed by atoms with E-state index in [9.17, 15) is 24.0 Å². The highest BCUT2D eigenvalue weighted by Gasteiger charge is 2.37. The molecule has 0 radical (unpaired) electrons. The second kappa shape index (κ2) is 8.13. The molecule has 2 N–H and O–H groups in total. The molecule has 0 aromatic heterocycles. The summed E-state index contributed by atoms with van der Waals surface area (Å²) in [6.07, 6.45) is 1.29. The minimum Gasteiger partial charge on any atom is -0.348 e. The van der Waals surface area contributed by atoms with Crippen LogP contribution in [0.15, 0.2) is 0 Å². The van der Waals surface area contributed by atoms with Crippen LogP contribution in [0.2, 0.25) is 0 Å². The Morgan fingerprint density at radius 2 is 2.00 bits per heavy atom. The molecule has 4 amide bonds. The molecule has 1 atom stereocenters. The maximum atomic E-state index is 11.8. The average Bonchev–Trinajstić information content (AvgIpc) is 2.75. The number of nitrogens with zero attached hydrogens (tertiary/aromatic N) is 1. The Morgan fingerprint density at radius 3 is 2.57 bits per heavy atom. The predicted octanol–water partition coefficient (Wildman–Crippen LogP) is -1.41. The van der Waals surface area contributed by atoms with Crippen LogP contribution >= 0.6 is 0 Å². The van der Waals surface area contributed by atoms with Crippen molar-refractivity contribution in [2.45, 2.75) is 26.2 Å². The Bertz CT molecular complexity index is 449. The lowest BCUT2D eigenvalue weighted by Gasteiger charge is -2.14. The summed E-state index contributed by atoms with van der Waals surface area (Å²) in [5.41, 5.74) is 0. The van der Waals surface area contributed by atoms with Gasteiger partial charge in [-0.25, -0.2) is 0 Å². The Kier molecular flexibility index (Phi) is 6.51. The van der Waals surface area contributed by atoms with E-state index in [0.29, 0.717) is 12.7 Å². The Hall–Kier alpha value is -2.25. The first-order chi connectivity index (χ1) is 9.99. The van der Waals surface area contributed by atoms with E-state index in [0.717, 1.165) is 4.90 Å². The molecule has 0 saturated carbocycles. The molecule has 8 heteroatoms. The molecule has 0 aromatic rings. The molecule has 1 aliphatic rings. The third-order valence-corrected chi connectivity index (χ3v) is 3.22. The van der Waals surface area contributed by atoms with E-state index >= 15 is 0 Å². The summed E-state index contributed by atoms with van der Waals surface area (Å²) in [6, 6.07) is 0. The highest BCUT2D eigenvalue weighted by Crippen LogP contribution is 2.22. The quantitative estimate of drug-likeness (QED) is 0.422. The van der Waals surface area contributed by atoms with Crippen LogP contribution in [0.5, 0.6) is 0 Å². The molecule has 1 saturated heterocycles. The number of rotatable bonds is 8. The van der Waals surface area contributed by atoms with Crippen molar-refractivity contribution in [3.8, 4) is 0 Å². The van der Waals surface area contributed by atoms with E-state index in [1.165, 1.54) is 0 Å². The summed E-state index contributed by atoms with van der Waals surface area (Å²) in [7, 11) is 0. The first-order valence-electron chi connectivity index (χ1n) is 6.80. The van der Waals surface area contributed by atoms with Gasteiger partial charge >= 0.3 is 0 Å². The largest absolute Gasteiger partial charge is 0.348 e. The van der Waals surface area contributed by atoms with Gasteiger partial charge in [-0.1, -0.05) is 6.92 Å². The highest BCUT2D eigenvalue weighted by atomic mass is 16.2. The summed E-state index contributed by atoms with van der Waals surface area (Å²) in [6.45, 7) is 1.51. The molecule has 21 heavy (non-hydrogen) atoms. The van der Waals surface area contributed by atoms with E-state index in [1.54, 1.807) is 0 Å². The molecular formula is C13H19N3O5. The van der Waals surface area contributed by atoms with Crippen LogP contribution in [-0.2, 0) is 24.0 Å². The van der Waals surface area contributed by atoms with E-state index in [-0.39, 0.29) is 50.2 Å². The first-order valence-corrected chi connectivity index (χ1v) is 6.80. The van der Waals surface area contributed by atoms with Crippen LogP contribution in [0.1, 0.15) is 26.2 Å². The van der Waals surface area contributed by atoms with Gasteiger partial charge in [-0.3, -0.25) is 24.1 Å². The van der Waals surface area contributed by atoms with Crippen LogP contribution in [0, 0.1) is 5.92 Å². The fraction of sp³-hybridized carbons (Fsp3) is 0.615. The third kappa shape index (κ3) is 4.97. The standard InChI is InChI=1S/C13H19N3O5/c1-2-9-7-12(20)16(13(9)21)5-3-10(18)15-8-11(19)14-4-6-17/h6,9H,2-5,7-8H2,1H3,(H,14,19)(H,15,18). The molecular weight excluding hydrogens is 278 g/mol. The van der Waals surface area contributed by atoms with Gasteiger partial charge in [0.05, 0.1) is 13.1 Å². The first kappa shape index (κ1) is 16.8. The number of carbonyl (C=O) groups is 5. The topological polar surface area (TPSA) is 113 Å². The average molecular weight is 297 g/mol. The van der Waals surface area contributed by atoms with Gasteiger partial charge in [0.25, 0.3) is 0 Å². The number of nitrogens with one attached hydrogen (secondary N) is 2. The molecule has 0 bridgehead atoms. The lowest BCUT2D eigenvalue weighted by Crippen LogP contribution is -2.39. The second-order valence-electron chi connectivity index (χ2n) is 4.69. The number of imide groups is 1. The van der Waals surface area contributed by atoms with Gasteiger partial charge < -0.3 is 15.4 Å². The molecule has 8 nitrogen and oxygen atoms in total. The number of amides is 4. The van der Waals surface area contributed by atoms with Crippen molar-refractivity contribution >= 4 is 29.9 Å². The molecule has 0 spiro atoms. The van der Waals surface area contributed by atoms with Gasteiger partial charge in [0.1, 0.15) is 6.29 Å². The molecule has 1 unspecified atom stereocenters. The fourth-order valence-corrected chi connectivity index (χ4v) is 2.00. The van der Waals surface area contributed by atoms with Crippen molar-refractivity contribution in [1.82, 2.24) is 15.5 Å². The summed E-state index contributed by atoms with van der Waals surface area (Å²) in [5.74, 6) is -1.69. The summed E-state index contributed by atoms with van der Waals surface area (Å²) in [4.78, 5) is 57.3. The SMILES string of the molecule is CCC1CC(=O)N(CCC(=O)NCC(=O)NCC=O)C1=O. The summed E-state index contributed by atoms with van der Waals surface area (Å²) in [5, 5.41) is 4.63. The van der Waals surface area contributed by atoms with Gasteiger partial charge in [0.15, 0.2) is 0 Å². The number of hydrogen-bond donors (Lipinski definition) is 2. The number of hydrogen-bond acceptors (Lipinski definition) is 5. The molecule has 1 heterocycles. The summed E-state index contributed by atoms with van der Waals surface area (Å²) < 4.78 is 0. The minimum absolute atomic E-state index is 0.0238. The second-order valence-corrected chi connectivity index (χ2v) is 4.69. The zero-order chi connectivity index (χ0) is 15.8. The lowest BCUT2D eigenvalue weighted by atomic mass is 10.1. The van der Waals surface area contributed by atoms with Crippen LogP contribution in [0.25, 0.3) is 0 Å². The molecule has 116 valence electrons. The van der Waals surface area contributed by atoms with Crippen LogP contribution in [0.4, 0.5) is 0 Å². The number of likely N-dealkylation sites (tertiary alicyclic amines) is 1. The minimum atomic E-state index is -0.477. The van der Waals surface area contributed by atoms with Crippen molar-refractivity contribution in [2.75, 3.05) is 19.6 Å². The zero-order valence-electron chi connectivity index (χ0n) is 11.9. The Labute approximate surface area is 122 Å². The molecule has 0 aliphatic carbocycles. The molecule has 1 fully saturated rings. The van der Waals surface area contributed by atoms with Crippen molar-refractivity contribution in [2.24, 2.45) is 5.92 Å². The van der Waals surface area contributed by atoms with Gasteiger partial charge in [-0.2, -0.15) is 0 Å². The monoisotopic (exact) mass is 297 g/mol. The van der Waals surface area contributed by atoms with Crippen LogP contribution in [-0.4, -0.2) is 54.4 Å². The Morgan fingerprint density at radius 1 is 1.29 bits per heavy atom. The smallest absolute Gasteiger partial charge is 0.239 e. The zero-order valence-corrected chi connectivity index (χ0v) is 11.9. The molecule has 1 aliphatic heterocycles. The predicted molar refractivity (Wildman–Crippen MR) is 71.8 cm³/mol. The van der Waals surface area contributed by atoms with Crippen molar-refractivity contribution in [1.29, 1.82) is 0 Å². The van der Waals surface area contributed by atoms with Gasteiger partial charge in [-0.05, 0) is 6.42 Å². The normalized spacial score (nSPS) is 17.8. The maximum absolute atomic E-state index is 11.8. The molecule has 0 aromatic carbocycles. The van der Waals surface area contributed by atoms with E-state index in [1.807, 2.05) is 6.92 Å². The van der Waals surface area contributed by atoms with Gasteiger partial charge in [0.2, 0.25) is 23.6 Å².